The van der Waals surface area contributed by atoms with Crippen LogP contribution in [-0.2, 0) is 0 Å². The summed E-state index contributed by atoms with van der Waals surface area (Å²) in [6.45, 7) is 4.41. The van der Waals surface area contributed by atoms with Gasteiger partial charge in [-0.15, -0.1) is 11.6 Å². The minimum absolute atomic E-state index is 0.347. The molecule has 76 valence electrons. The molecule has 0 aromatic carbocycles. The lowest BCUT2D eigenvalue weighted by Gasteiger charge is -2.18. The fourth-order valence-electron chi connectivity index (χ4n) is 2.42. The molecule has 1 aliphatic carbocycles. The summed E-state index contributed by atoms with van der Waals surface area (Å²) in [5.41, 5.74) is 2.74. The van der Waals surface area contributed by atoms with E-state index in [1.807, 2.05) is 12.4 Å². The molecule has 3 unspecified atom stereocenters. The summed E-state index contributed by atoms with van der Waals surface area (Å²) in [6, 6.07) is 2.09. The van der Waals surface area contributed by atoms with Gasteiger partial charge in [-0.25, -0.2) is 0 Å². The second-order valence-electron chi connectivity index (χ2n) is 4.29. The van der Waals surface area contributed by atoms with Gasteiger partial charge in [0.25, 0.3) is 0 Å². The summed E-state index contributed by atoms with van der Waals surface area (Å²) in [5, 5.41) is 0.347. The molecule has 0 saturated heterocycles. The average Bonchev–Trinajstić information content (AvgIpc) is 2.49. The van der Waals surface area contributed by atoms with Crippen molar-refractivity contribution in [3.8, 4) is 0 Å². The van der Waals surface area contributed by atoms with Crippen molar-refractivity contribution in [3.63, 3.8) is 0 Å². The third-order valence-corrected chi connectivity index (χ3v) is 4.05. The van der Waals surface area contributed by atoms with Gasteiger partial charge in [-0.3, -0.25) is 4.98 Å². The Morgan fingerprint density at radius 3 is 2.79 bits per heavy atom. The molecule has 1 saturated carbocycles. The van der Waals surface area contributed by atoms with Gasteiger partial charge in [0.1, 0.15) is 0 Å². The molecule has 1 fully saturated rings. The summed E-state index contributed by atoms with van der Waals surface area (Å²) < 4.78 is 0. The van der Waals surface area contributed by atoms with Crippen LogP contribution in [0, 0.1) is 12.8 Å². The van der Waals surface area contributed by atoms with Crippen molar-refractivity contribution in [1.29, 1.82) is 0 Å². The van der Waals surface area contributed by atoms with Crippen LogP contribution in [0.5, 0.6) is 0 Å². The Morgan fingerprint density at radius 1 is 1.43 bits per heavy atom. The highest BCUT2D eigenvalue weighted by Gasteiger charge is 2.33. The van der Waals surface area contributed by atoms with E-state index in [0.29, 0.717) is 17.2 Å². The first-order valence-corrected chi connectivity index (χ1v) is 5.68. The van der Waals surface area contributed by atoms with E-state index in [-0.39, 0.29) is 0 Å². The van der Waals surface area contributed by atoms with Gasteiger partial charge in [0.15, 0.2) is 0 Å². The molecule has 2 heteroatoms. The molecule has 1 aliphatic rings. The zero-order chi connectivity index (χ0) is 10.1. The third-order valence-electron chi connectivity index (χ3n) is 3.44. The molecule has 0 amide bonds. The molecular formula is C12H16ClN. The first-order chi connectivity index (χ1) is 6.70. The van der Waals surface area contributed by atoms with Gasteiger partial charge in [0, 0.05) is 17.8 Å². The Hall–Kier alpha value is -0.560. The van der Waals surface area contributed by atoms with Gasteiger partial charge in [-0.05, 0) is 48.8 Å². The Kier molecular flexibility index (Phi) is 2.78. The zero-order valence-corrected chi connectivity index (χ0v) is 9.46. The van der Waals surface area contributed by atoms with Gasteiger partial charge in [0.2, 0.25) is 0 Å². The van der Waals surface area contributed by atoms with Crippen molar-refractivity contribution in [2.24, 2.45) is 5.92 Å². The van der Waals surface area contributed by atoms with Gasteiger partial charge in [0.05, 0.1) is 0 Å². The van der Waals surface area contributed by atoms with Crippen molar-refractivity contribution >= 4 is 11.6 Å². The number of pyridine rings is 1. The summed E-state index contributed by atoms with van der Waals surface area (Å²) in [5.74, 6) is 1.20. The van der Waals surface area contributed by atoms with Crippen LogP contribution in [0.2, 0.25) is 0 Å². The van der Waals surface area contributed by atoms with Crippen LogP contribution in [0.3, 0.4) is 0 Å². The maximum Gasteiger partial charge on any atom is 0.0367 e. The molecule has 0 aliphatic heterocycles. The number of aromatic nitrogens is 1. The van der Waals surface area contributed by atoms with E-state index >= 15 is 0 Å². The minimum atomic E-state index is 0.347. The van der Waals surface area contributed by atoms with Gasteiger partial charge < -0.3 is 0 Å². The standard InChI is InChI=1S/C12H16ClN/c1-8-5-6-14-7-11(8)10-3-4-12(13)9(10)2/h5-7,9-10,12H,3-4H2,1-2H3. The maximum atomic E-state index is 6.24. The van der Waals surface area contributed by atoms with Crippen LogP contribution >= 0.6 is 11.6 Å². The van der Waals surface area contributed by atoms with Crippen molar-refractivity contribution in [3.05, 3.63) is 29.6 Å². The fraction of sp³-hybridized carbons (Fsp3) is 0.583. The predicted molar refractivity (Wildman–Crippen MR) is 59.8 cm³/mol. The maximum absolute atomic E-state index is 6.24. The first-order valence-electron chi connectivity index (χ1n) is 5.24. The smallest absolute Gasteiger partial charge is 0.0367 e. The van der Waals surface area contributed by atoms with E-state index in [9.17, 15) is 0 Å². The van der Waals surface area contributed by atoms with Crippen LogP contribution < -0.4 is 0 Å². The molecule has 0 spiro atoms. The molecule has 1 heterocycles. The number of nitrogens with zero attached hydrogens (tertiary/aromatic N) is 1. The Bertz CT molecular complexity index is 324. The number of halogens is 1. The van der Waals surface area contributed by atoms with Crippen LogP contribution in [0.25, 0.3) is 0 Å². The summed E-state index contributed by atoms with van der Waals surface area (Å²) in [6.07, 6.45) is 6.21. The predicted octanol–water partition coefficient (Wildman–Crippen LogP) is 3.51. The summed E-state index contributed by atoms with van der Waals surface area (Å²) in [4.78, 5) is 4.21. The molecule has 0 N–H and O–H groups in total. The molecule has 1 aromatic heterocycles. The second kappa shape index (κ2) is 3.90. The third kappa shape index (κ3) is 1.66. The molecule has 2 rings (SSSR count). The minimum Gasteiger partial charge on any atom is -0.264 e. The Labute approximate surface area is 90.5 Å². The lowest BCUT2D eigenvalue weighted by molar-refractivity contribution is 0.534. The lowest BCUT2D eigenvalue weighted by Crippen LogP contribution is -2.10. The monoisotopic (exact) mass is 209 g/mol. The van der Waals surface area contributed by atoms with Crippen LogP contribution in [0.1, 0.15) is 36.8 Å². The quantitative estimate of drug-likeness (QED) is 0.645. The number of hydrogen-bond acceptors (Lipinski definition) is 1. The summed E-state index contributed by atoms with van der Waals surface area (Å²) >= 11 is 6.24. The fourth-order valence-corrected chi connectivity index (χ4v) is 2.72. The highest BCUT2D eigenvalue weighted by atomic mass is 35.5. The van der Waals surface area contributed by atoms with Crippen molar-refractivity contribution in [1.82, 2.24) is 4.98 Å². The van der Waals surface area contributed by atoms with Crippen LogP contribution in [-0.4, -0.2) is 10.4 Å². The number of rotatable bonds is 1. The highest BCUT2D eigenvalue weighted by Crippen LogP contribution is 2.42. The van der Waals surface area contributed by atoms with E-state index in [2.05, 4.69) is 24.9 Å². The van der Waals surface area contributed by atoms with Gasteiger partial charge in [-0.1, -0.05) is 6.92 Å². The van der Waals surface area contributed by atoms with Crippen molar-refractivity contribution in [2.75, 3.05) is 0 Å². The molecule has 1 aromatic rings. The van der Waals surface area contributed by atoms with Crippen molar-refractivity contribution in [2.45, 2.75) is 38.0 Å². The molecule has 14 heavy (non-hydrogen) atoms. The summed E-state index contributed by atoms with van der Waals surface area (Å²) in [7, 11) is 0. The molecule has 0 radical (unpaired) electrons. The average molecular weight is 210 g/mol. The number of alkyl halides is 1. The number of hydrogen-bond donors (Lipinski definition) is 0. The van der Waals surface area contributed by atoms with Crippen LogP contribution in [0.15, 0.2) is 18.5 Å². The molecule has 1 nitrogen and oxygen atoms in total. The molecule has 3 atom stereocenters. The van der Waals surface area contributed by atoms with Crippen LogP contribution in [0.4, 0.5) is 0 Å². The number of aryl methyl sites for hydroxylation is 1. The highest BCUT2D eigenvalue weighted by molar-refractivity contribution is 6.21. The van der Waals surface area contributed by atoms with Gasteiger partial charge >= 0.3 is 0 Å². The first kappa shape index (κ1) is 9.97. The zero-order valence-electron chi connectivity index (χ0n) is 8.70. The molecular weight excluding hydrogens is 194 g/mol. The Balaban J connectivity index is 2.28. The van der Waals surface area contributed by atoms with E-state index in [4.69, 9.17) is 11.6 Å². The van der Waals surface area contributed by atoms with Gasteiger partial charge in [-0.2, -0.15) is 0 Å². The van der Waals surface area contributed by atoms with Crippen molar-refractivity contribution < 1.29 is 0 Å². The largest absolute Gasteiger partial charge is 0.264 e. The normalized spacial score (nSPS) is 32.1. The molecule has 0 bridgehead atoms. The Morgan fingerprint density at radius 2 is 2.21 bits per heavy atom. The topological polar surface area (TPSA) is 12.9 Å². The SMILES string of the molecule is Cc1ccncc1C1CCC(Cl)C1C. The lowest BCUT2D eigenvalue weighted by atomic mass is 9.89. The van der Waals surface area contributed by atoms with E-state index in [0.717, 1.165) is 6.42 Å². The van der Waals surface area contributed by atoms with E-state index in [1.165, 1.54) is 17.5 Å². The second-order valence-corrected chi connectivity index (χ2v) is 4.85. The van der Waals surface area contributed by atoms with E-state index < -0.39 is 0 Å². The van der Waals surface area contributed by atoms with E-state index in [1.54, 1.807) is 0 Å².